The number of carboxylic acid groups (broad SMARTS) is 1. The molecule has 4 N–H and O–H groups in total. The second kappa shape index (κ2) is 10.6. The zero-order valence-corrected chi connectivity index (χ0v) is 15.5. The number of ether oxygens (including phenoxy) is 1. The number of carboxylic acids is 1. The molecule has 0 saturated carbocycles. The van der Waals surface area contributed by atoms with Crippen molar-refractivity contribution >= 4 is 17.9 Å². The monoisotopic (exact) mass is 385 g/mol. The molecule has 0 bridgehead atoms. The third-order valence-electron chi connectivity index (χ3n) is 3.75. The number of amides is 3. The Hall–Kier alpha value is -3.55. The summed E-state index contributed by atoms with van der Waals surface area (Å²) in [5, 5.41) is 17.0. The van der Waals surface area contributed by atoms with Crippen molar-refractivity contribution in [3.63, 3.8) is 0 Å². The third-order valence-corrected chi connectivity index (χ3v) is 3.75. The van der Waals surface area contributed by atoms with Crippen molar-refractivity contribution < 1.29 is 24.2 Å². The summed E-state index contributed by atoms with van der Waals surface area (Å²) in [5.74, 6) is -0.638. The molecule has 0 fully saturated rings. The maximum Gasteiger partial charge on any atom is 0.335 e. The molecule has 0 radical (unpaired) electrons. The Bertz CT molecular complexity index is 821. The van der Waals surface area contributed by atoms with Crippen LogP contribution in [0.2, 0.25) is 0 Å². The molecule has 2 aromatic rings. The van der Waals surface area contributed by atoms with E-state index in [0.717, 1.165) is 11.1 Å². The molecule has 28 heavy (non-hydrogen) atoms. The lowest BCUT2D eigenvalue weighted by Crippen LogP contribution is -2.34. The molecule has 0 spiro atoms. The van der Waals surface area contributed by atoms with Crippen molar-refractivity contribution in [2.45, 2.75) is 20.0 Å². The van der Waals surface area contributed by atoms with Gasteiger partial charge in [-0.15, -0.1) is 0 Å². The van der Waals surface area contributed by atoms with Crippen LogP contribution in [-0.2, 0) is 17.9 Å². The molecule has 148 valence electrons. The van der Waals surface area contributed by atoms with Crippen molar-refractivity contribution in [3.05, 3.63) is 65.2 Å². The molecule has 0 aromatic heterocycles. The quantitative estimate of drug-likeness (QED) is 0.526. The second-order valence-corrected chi connectivity index (χ2v) is 5.93. The average molecular weight is 385 g/mol. The molecule has 0 aliphatic rings. The van der Waals surface area contributed by atoms with Crippen molar-refractivity contribution in [2.75, 3.05) is 13.2 Å². The van der Waals surface area contributed by atoms with E-state index < -0.39 is 5.97 Å². The van der Waals surface area contributed by atoms with Crippen LogP contribution in [0.1, 0.15) is 28.4 Å². The Morgan fingerprint density at radius 3 is 2.25 bits per heavy atom. The summed E-state index contributed by atoms with van der Waals surface area (Å²) in [6.07, 6.45) is 0. The number of rotatable bonds is 9. The lowest BCUT2D eigenvalue weighted by atomic mass is 10.1. The van der Waals surface area contributed by atoms with Gasteiger partial charge in [-0.25, -0.2) is 9.59 Å². The molecule has 0 aliphatic heterocycles. The SMILES string of the molecule is CCNC(=O)COc1cccc(CNC(=O)NCc2ccc(C(=O)O)cc2)c1. The highest BCUT2D eigenvalue weighted by Gasteiger charge is 2.05. The van der Waals surface area contributed by atoms with E-state index in [0.29, 0.717) is 18.8 Å². The molecule has 2 rings (SSSR count). The van der Waals surface area contributed by atoms with E-state index in [2.05, 4.69) is 16.0 Å². The molecule has 3 amide bonds. The molecule has 8 heteroatoms. The van der Waals surface area contributed by atoms with Gasteiger partial charge in [0.1, 0.15) is 5.75 Å². The van der Waals surface area contributed by atoms with Crippen molar-refractivity contribution in [1.82, 2.24) is 16.0 Å². The van der Waals surface area contributed by atoms with E-state index in [1.807, 2.05) is 13.0 Å². The lowest BCUT2D eigenvalue weighted by molar-refractivity contribution is -0.122. The summed E-state index contributed by atoms with van der Waals surface area (Å²) in [5.41, 5.74) is 1.82. The molecule has 0 atom stereocenters. The van der Waals surface area contributed by atoms with Gasteiger partial charge in [-0.05, 0) is 42.3 Å². The average Bonchev–Trinajstić information content (AvgIpc) is 2.70. The van der Waals surface area contributed by atoms with Gasteiger partial charge in [-0.1, -0.05) is 24.3 Å². The molecule has 0 aliphatic carbocycles. The van der Waals surface area contributed by atoms with Gasteiger partial charge in [0.2, 0.25) is 0 Å². The first kappa shape index (κ1) is 20.8. The van der Waals surface area contributed by atoms with Crippen LogP contribution in [-0.4, -0.2) is 36.2 Å². The maximum absolute atomic E-state index is 11.9. The van der Waals surface area contributed by atoms with Crippen LogP contribution in [0.4, 0.5) is 4.79 Å². The van der Waals surface area contributed by atoms with Crippen molar-refractivity contribution in [1.29, 1.82) is 0 Å². The highest BCUT2D eigenvalue weighted by molar-refractivity contribution is 5.87. The maximum atomic E-state index is 11.9. The predicted octanol–water partition coefficient (Wildman–Crippen LogP) is 1.90. The highest BCUT2D eigenvalue weighted by Crippen LogP contribution is 2.13. The number of carbonyl (C=O) groups is 3. The highest BCUT2D eigenvalue weighted by atomic mass is 16.5. The molecule has 0 unspecified atom stereocenters. The van der Waals surface area contributed by atoms with Gasteiger partial charge in [0, 0.05) is 19.6 Å². The minimum atomic E-state index is -0.991. The minimum absolute atomic E-state index is 0.0636. The lowest BCUT2D eigenvalue weighted by Gasteiger charge is -2.10. The first-order valence-electron chi connectivity index (χ1n) is 8.80. The predicted molar refractivity (Wildman–Crippen MR) is 103 cm³/mol. The normalized spacial score (nSPS) is 10.0. The van der Waals surface area contributed by atoms with Gasteiger partial charge < -0.3 is 25.8 Å². The van der Waals surface area contributed by atoms with Crippen LogP contribution in [0.25, 0.3) is 0 Å². The molecule has 0 heterocycles. The van der Waals surface area contributed by atoms with E-state index in [4.69, 9.17) is 9.84 Å². The summed E-state index contributed by atoms with van der Waals surface area (Å²) in [6, 6.07) is 13.0. The first-order chi connectivity index (χ1) is 13.5. The van der Waals surface area contributed by atoms with Gasteiger partial charge in [-0.3, -0.25) is 4.79 Å². The third kappa shape index (κ3) is 6.99. The molecule has 8 nitrogen and oxygen atoms in total. The Morgan fingerprint density at radius 1 is 0.929 bits per heavy atom. The molecular weight excluding hydrogens is 362 g/mol. The van der Waals surface area contributed by atoms with E-state index >= 15 is 0 Å². The van der Waals surface area contributed by atoms with Crippen LogP contribution >= 0.6 is 0 Å². The van der Waals surface area contributed by atoms with Gasteiger partial charge in [-0.2, -0.15) is 0 Å². The van der Waals surface area contributed by atoms with Gasteiger partial charge >= 0.3 is 12.0 Å². The fraction of sp³-hybridized carbons (Fsp3) is 0.250. The fourth-order valence-corrected chi connectivity index (χ4v) is 2.33. The van der Waals surface area contributed by atoms with Crippen LogP contribution in [0.5, 0.6) is 5.75 Å². The second-order valence-electron chi connectivity index (χ2n) is 5.93. The number of benzene rings is 2. The van der Waals surface area contributed by atoms with E-state index in [-0.39, 0.29) is 30.7 Å². The Labute approximate surface area is 162 Å². The molecule has 2 aromatic carbocycles. The number of carbonyl (C=O) groups excluding carboxylic acids is 2. The zero-order chi connectivity index (χ0) is 20.4. The minimum Gasteiger partial charge on any atom is -0.484 e. The summed E-state index contributed by atoms with van der Waals surface area (Å²) in [6.45, 7) is 2.89. The van der Waals surface area contributed by atoms with E-state index in [9.17, 15) is 14.4 Å². The number of hydrogen-bond donors (Lipinski definition) is 4. The summed E-state index contributed by atoms with van der Waals surface area (Å²) < 4.78 is 5.42. The largest absolute Gasteiger partial charge is 0.484 e. The van der Waals surface area contributed by atoms with Gasteiger partial charge in [0.15, 0.2) is 6.61 Å². The number of nitrogens with one attached hydrogen (secondary N) is 3. The van der Waals surface area contributed by atoms with Crippen molar-refractivity contribution in [2.24, 2.45) is 0 Å². The number of likely N-dealkylation sites (N-methyl/N-ethyl adjacent to an activating group) is 1. The van der Waals surface area contributed by atoms with E-state index in [1.165, 1.54) is 12.1 Å². The van der Waals surface area contributed by atoms with Crippen LogP contribution in [0.15, 0.2) is 48.5 Å². The first-order valence-corrected chi connectivity index (χ1v) is 8.80. The summed E-state index contributed by atoms with van der Waals surface area (Å²) in [7, 11) is 0. The Morgan fingerprint density at radius 2 is 1.61 bits per heavy atom. The fourth-order valence-electron chi connectivity index (χ4n) is 2.33. The standard InChI is InChI=1S/C20H23N3O5/c1-2-21-18(24)13-28-17-5-3-4-15(10-17)12-23-20(27)22-11-14-6-8-16(9-7-14)19(25)26/h3-10H,2,11-13H2,1H3,(H,21,24)(H,25,26)(H2,22,23,27). The topological polar surface area (TPSA) is 117 Å². The molecule has 0 saturated heterocycles. The van der Waals surface area contributed by atoms with Gasteiger partial charge in [0.25, 0.3) is 5.91 Å². The molecular formula is C20H23N3O5. The summed E-state index contributed by atoms with van der Waals surface area (Å²) in [4.78, 5) is 34.2. The Balaban J connectivity index is 1.76. The van der Waals surface area contributed by atoms with E-state index in [1.54, 1.807) is 30.3 Å². The number of urea groups is 1. The van der Waals surface area contributed by atoms with Crippen LogP contribution in [0, 0.1) is 0 Å². The van der Waals surface area contributed by atoms with Crippen LogP contribution in [0.3, 0.4) is 0 Å². The van der Waals surface area contributed by atoms with Crippen LogP contribution < -0.4 is 20.7 Å². The Kier molecular flexibility index (Phi) is 7.83. The number of hydrogen-bond acceptors (Lipinski definition) is 4. The van der Waals surface area contributed by atoms with Crippen molar-refractivity contribution in [3.8, 4) is 5.75 Å². The smallest absolute Gasteiger partial charge is 0.335 e. The zero-order valence-electron chi connectivity index (χ0n) is 15.5. The summed E-state index contributed by atoms with van der Waals surface area (Å²) >= 11 is 0. The number of aromatic carboxylic acids is 1. The van der Waals surface area contributed by atoms with Gasteiger partial charge in [0.05, 0.1) is 5.56 Å².